The van der Waals surface area contributed by atoms with Crippen molar-refractivity contribution in [2.24, 2.45) is 0 Å². The predicted octanol–water partition coefficient (Wildman–Crippen LogP) is 1.88. The van der Waals surface area contributed by atoms with Gasteiger partial charge < -0.3 is 10.4 Å². The lowest BCUT2D eigenvalue weighted by Gasteiger charge is -2.19. The minimum atomic E-state index is -1.04. The summed E-state index contributed by atoms with van der Waals surface area (Å²) in [5.74, 6) is -1.39. The van der Waals surface area contributed by atoms with Crippen LogP contribution >= 0.6 is 0 Å². The molecule has 1 heterocycles. The van der Waals surface area contributed by atoms with Crippen LogP contribution in [0.3, 0.4) is 0 Å². The van der Waals surface area contributed by atoms with Crippen LogP contribution in [0.25, 0.3) is 0 Å². The number of carboxylic acid groups (broad SMARTS) is 1. The fraction of sp³-hybridized carbons (Fsp3) is 0.500. The van der Waals surface area contributed by atoms with Gasteiger partial charge in [0.15, 0.2) is 0 Å². The number of carbonyl (C=O) groups is 2. The van der Waals surface area contributed by atoms with Crippen molar-refractivity contribution in [3.63, 3.8) is 0 Å². The molecule has 0 atom stereocenters. The zero-order valence-corrected chi connectivity index (χ0v) is 12.2. The van der Waals surface area contributed by atoms with Crippen LogP contribution in [0.2, 0.25) is 0 Å². The van der Waals surface area contributed by atoms with Gasteiger partial charge in [-0.2, -0.15) is 0 Å². The number of aliphatic carboxylic acids is 1. The van der Waals surface area contributed by atoms with Crippen molar-refractivity contribution >= 4 is 11.9 Å². The Morgan fingerprint density at radius 1 is 1.05 bits per heavy atom. The van der Waals surface area contributed by atoms with Crippen LogP contribution in [-0.2, 0) is 11.3 Å². The van der Waals surface area contributed by atoms with Gasteiger partial charge in [-0.1, -0.05) is 25.0 Å². The number of hydrogen-bond acceptors (Lipinski definition) is 3. The van der Waals surface area contributed by atoms with E-state index in [9.17, 15) is 9.59 Å². The van der Waals surface area contributed by atoms with E-state index in [1.165, 1.54) is 31.2 Å². The van der Waals surface area contributed by atoms with Crippen molar-refractivity contribution in [2.75, 3.05) is 19.6 Å². The average molecular weight is 290 g/mol. The number of amides is 1. The molecule has 0 bridgehead atoms. The first kappa shape index (κ1) is 15.5. The van der Waals surface area contributed by atoms with Crippen LogP contribution < -0.4 is 5.32 Å². The first-order valence-electron chi connectivity index (χ1n) is 7.46. The lowest BCUT2D eigenvalue weighted by molar-refractivity contribution is -0.135. The summed E-state index contributed by atoms with van der Waals surface area (Å²) >= 11 is 0. The molecule has 21 heavy (non-hydrogen) atoms. The number of nitrogens with one attached hydrogen (secondary N) is 1. The normalized spacial score (nSPS) is 16.2. The second kappa shape index (κ2) is 7.78. The highest BCUT2D eigenvalue weighted by Gasteiger charge is 2.10. The third kappa shape index (κ3) is 5.19. The second-order valence-corrected chi connectivity index (χ2v) is 5.46. The lowest BCUT2D eigenvalue weighted by atomic mass is 10.1. The number of hydrogen-bond donors (Lipinski definition) is 2. The summed E-state index contributed by atoms with van der Waals surface area (Å²) in [5, 5.41) is 10.9. The maximum Gasteiger partial charge on any atom is 0.322 e. The van der Waals surface area contributed by atoms with Gasteiger partial charge in [0.2, 0.25) is 0 Å². The fourth-order valence-electron chi connectivity index (χ4n) is 2.57. The van der Waals surface area contributed by atoms with E-state index in [4.69, 9.17) is 5.11 Å². The molecule has 1 aliphatic heterocycles. The summed E-state index contributed by atoms with van der Waals surface area (Å²) in [6.45, 7) is 2.84. The zero-order chi connectivity index (χ0) is 15.1. The van der Waals surface area contributed by atoms with E-state index in [-0.39, 0.29) is 12.5 Å². The smallest absolute Gasteiger partial charge is 0.322 e. The number of nitrogens with zero attached hydrogens (tertiary/aromatic N) is 1. The van der Waals surface area contributed by atoms with E-state index in [1.54, 1.807) is 12.1 Å². The number of carboxylic acids is 1. The minimum Gasteiger partial charge on any atom is -0.480 e. The van der Waals surface area contributed by atoms with Gasteiger partial charge in [-0.15, -0.1) is 0 Å². The molecule has 0 saturated carbocycles. The fourth-order valence-corrected chi connectivity index (χ4v) is 2.57. The van der Waals surface area contributed by atoms with E-state index in [0.717, 1.165) is 19.6 Å². The first-order valence-corrected chi connectivity index (χ1v) is 7.46. The largest absolute Gasteiger partial charge is 0.480 e. The van der Waals surface area contributed by atoms with E-state index >= 15 is 0 Å². The number of rotatable bonds is 5. The molecule has 5 heteroatoms. The number of benzene rings is 1. The number of likely N-dealkylation sites (tertiary alicyclic amines) is 1. The molecular formula is C16H22N2O3. The molecule has 1 aromatic carbocycles. The Morgan fingerprint density at radius 3 is 2.24 bits per heavy atom. The second-order valence-electron chi connectivity index (χ2n) is 5.46. The van der Waals surface area contributed by atoms with Gasteiger partial charge in [-0.3, -0.25) is 14.5 Å². The predicted molar refractivity (Wildman–Crippen MR) is 80.2 cm³/mol. The summed E-state index contributed by atoms with van der Waals surface area (Å²) in [7, 11) is 0. The summed E-state index contributed by atoms with van der Waals surface area (Å²) in [5.41, 5.74) is 1.68. The summed E-state index contributed by atoms with van der Waals surface area (Å²) < 4.78 is 0. The van der Waals surface area contributed by atoms with Crippen LogP contribution in [0.4, 0.5) is 0 Å². The summed E-state index contributed by atoms with van der Waals surface area (Å²) in [6.07, 6.45) is 5.16. The molecule has 0 unspecified atom stereocenters. The summed E-state index contributed by atoms with van der Waals surface area (Å²) in [6, 6.07) is 7.40. The zero-order valence-electron chi connectivity index (χ0n) is 12.2. The van der Waals surface area contributed by atoms with Gasteiger partial charge >= 0.3 is 5.97 Å². The molecule has 1 fully saturated rings. The highest BCUT2D eigenvalue weighted by Crippen LogP contribution is 2.13. The molecule has 0 spiro atoms. The van der Waals surface area contributed by atoms with Crippen molar-refractivity contribution in [1.29, 1.82) is 0 Å². The number of carbonyl (C=O) groups excluding carboxylic acids is 1. The molecule has 1 saturated heterocycles. The molecule has 5 nitrogen and oxygen atoms in total. The SMILES string of the molecule is O=C(O)CNC(=O)c1ccc(CN2CCCCCC2)cc1. The average Bonchev–Trinajstić information content (AvgIpc) is 2.74. The van der Waals surface area contributed by atoms with Gasteiger partial charge in [-0.25, -0.2) is 0 Å². The maximum atomic E-state index is 11.7. The van der Waals surface area contributed by atoms with Crippen molar-refractivity contribution < 1.29 is 14.7 Å². The highest BCUT2D eigenvalue weighted by atomic mass is 16.4. The van der Waals surface area contributed by atoms with Gasteiger partial charge in [0.05, 0.1) is 0 Å². The molecule has 2 rings (SSSR count). The van der Waals surface area contributed by atoms with Crippen molar-refractivity contribution in [1.82, 2.24) is 10.2 Å². The Balaban J connectivity index is 1.88. The molecule has 0 aromatic heterocycles. The molecule has 1 amide bonds. The molecular weight excluding hydrogens is 268 g/mol. The summed E-state index contributed by atoms with van der Waals surface area (Å²) in [4.78, 5) is 24.6. The highest BCUT2D eigenvalue weighted by molar-refractivity contribution is 5.95. The Morgan fingerprint density at radius 2 is 1.67 bits per heavy atom. The van der Waals surface area contributed by atoms with Crippen molar-refractivity contribution in [3.8, 4) is 0 Å². The van der Waals surface area contributed by atoms with E-state index in [2.05, 4.69) is 10.2 Å². The van der Waals surface area contributed by atoms with Crippen molar-refractivity contribution in [3.05, 3.63) is 35.4 Å². The quantitative estimate of drug-likeness (QED) is 0.868. The Labute approximate surface area is 125 Å². The lowest BCUT2D eigenvalue weighted by Crippen LogP contribution is -2.29. The third-order valence-corrected chi connectivity index (χ3v) is 3.72. The Kier molecular flexibility index (Phi) is 5.75. The van der Waals surface area contributed by atoms with Gasteiger partial charge in [0.1, 0.15) is 6.54 Å². The topological polar surface area (TPSA) is 69.6 Å². The van der Waals surface area contributed by atoms with Crippen LogP contribution in [0.5, 0.6) is 0 Å². The monoisotopic (exact) mass is 290 g/mol. The maximum absolute atomic E-state index is 11.7. The first-order chi connectivity index (χ1) is 10.1. The molecule has 1 aliphatic rings. The van der Waals surface area contributed by atoms with E-state index < -0.39 is 5.97 Å². The van der Waals surface area contributed by atoms with Crippen molar-refractivity contribution in [2.45, 2.75) is 32.2 Å². The Bertz CT molecular complexity index is 477. The van der Waals surface area contributed by atoms with Gasteiger partial charge in [0.25, 0.3) is 5.91 Å². The van der Waals surface area contributed by atoms with Crippen LogP contribution in [0, 0.1) is 0 Å². The minimum absolute atomic E-state index is 0.348. The van der Waals surface area contributed by atoms with E-state index in [0.29, 0.717) is 5.56 Å². The Hall–Kier alpha value is -1.88. The van der Waals surface area contributed by atoms with Crippen LogP contribution in [0.15, 0.2) is 24.3 Å². The van der Waals surface area contributed by atoms with Crippen LogP contribution in [-0.4, -0.2) is 41.5 Å². The third-order valence-electron chi connectivity index (χ3n) is 3.72. The molecule has 2 N–H and O–H groups in total. The van der Waals surface area contributed by atoms with Gasteiger partial charge in [-0.05, 0) is 43.6 Å². The molecule has 0 aliphatic carbocycles. The molecule has 114 valence electrons. The van der Waals surface area contributed by atoms with E-state index in [1.807, 2.05) is 12.1 Å². The van der Waals surface area contributed by atoms with Crippen LogP contribution in [0.1, 0.15) is 41.6 Å². The molecule has 1 aromatic rings. The standard InChI is InChI=1S/C16H22N2O3/c19-15(20)11-17-16(21)14-7-5-13(6-8-14)12-18-9-3-1-2-4-10-18/h5-8H,1-4,9-12H2,(H,17,21)(H,19,20). The van der Waals surface area contributed by atoms with Gasteiger partial charge in [0, 0.05) is 12.1 Å². The molecule has 0 radical (unpaired) electrons.